The van der Waals surface area contributed by atoms with Crippen molar-refractivity contribution in [2.24, 2.45) is 0 Å². The maximum absolute atomic E-state index is 12.4. The van der Waals surface area contributed by atoms with Crippen LogP contribution in [0.3, 0.4) is 0 Å². The Bertz CT molecular complexity index is 473. The number of hydrogen-bond donors (Lipinski definition) is 1. The number of piperazine rings is 1. The zero-order chi connectivity index (χ0) is 17.1. The fraction of sp³-hybridized carbons (Fsp3) is 0.882. The van der Waals surface area contributed by atoms with Gasteiger partial charge in [-0.25, -0.2) is 0 Å². The van der Waals surface area contributed by atoms with Crippen molar-refractivity contribution < 1.29 is 14.3 Å². The molecule has 1 N–H and O–H groups in total. The fourth-order valence-corrected chi connectivity index (χ4v) is 4.19. The molecule has 0 aromatic rings. The Morgan fingerprint density at radius 3 is 2.79 bits per heavy atom. The molecule has 136 valence electrons. The summed E-state index contributed by atoms with van der Waals surface area (Å²) < 4.78 is 5.46. The highest BCUT2D eigenvalue weighted by Gasteiger charge is 2.37. The summed E-state index contributed by atoms with van der Waals surface area (Å²) >= 11 is 0. The van der Waals surface area contributed by atoms with E-state index in [1.165, 1.54) is 0 Å². The topological polar surface area (TPSA) is 65.1 Å². The average molecular weight is 338 g/mol. The van der Waals surface area contributed by atoms with Crippen molar-refractivity contribution in [3.63, 3.8) is 0 Å². The molecule has 3 aliphatic rings. The van der Waals surface area contributed by atoms with E-state index in [0.29, 0.717) is 31.8 Å². The molecule has 0 spiro atoms. The molecular weight excluding hydrogens is 308 g/mol. The van der Waals surface area contributed by atoms with E-state index in [1.807, 2.05) is 11.9 Å². The van der Waals surface area contributed by atoms with Crippen LogP contribution in [0, 0.1) is 0 Å². The standard InChI is InChI=1S/C17H30N4O3/c1-19-8-9-20(12-17(19)23)11-16(22)18-14-4-3-5-15(14)21-7-6-13(10-21)24-2/h13-15H,3-12H2,1-2H3,(H,18,22)/t13?,14-,15+/m1/s1. The minimum absolute atomic E-state index is 0.0479. The van der Waals surface area contributed by atoms with Crippen LogP contribution in [-0.4, -0.2) is 98.1 Å². The van der Waals surface area contributed by atoms with Crippen molar-refractivity contribution in [3.8, 4) is 0 Å². The van der Waals surface area contributed by atoms with Gasteiger partial charge in [0.1, 0.15) is 0 Å². The minimum atomic E-state index is 0.0479. The zero-order valence-corrected chi connectivity index (χ0v) is 14.9. The van der Waals surface area contributed by atoms with Gasteiger partial charge in [0.05, 0.1) is 19.2 Å². The first kappa shape index (κ1) is 17.6. The van der Waals surface area contributed by atoms with Gasteiger partial charge in [-0.3, -0.25) is 19.4 Å². The molecule has 0 aromatic heterocycles. The third-order valence-electron chi connectivity index (χ3n) is 5.71. The zero-order valence-electron chi connectivity index (χ0n) is 14.9. The number of nitrogens with one attached hydrogen (secondary N) is 1. The molecule has 2 aliphatic heterocycles. The Kier molecular flexibility index (Phi) is 5.73. The molecule has 0 aromatic carbocycles. The van der Waals surface area contributed by atoms with Crippen LogP contribution in [-0.2, 0) is 14.3 Å². The number of carbonyl (C=O) groups is 2. The highest BCUT2D eigenvalue weighted by Crippen LogP contribution is 2.28. The van der Waals surface area contributed by atoms with E-state index in [-0.39, 0.29) is 17.9 Å². The maximum atomic E-state index is 12.4. The van der Waals surface area contributed by atoms with E-state index >= 15 is 0 Å². The molecule has 1 unspecified atom stereocenters. The number of likely N-dealkylation sites (N-methyl/N-ethyl adjacent to an activating group) is 1. The van der Waals surface area contributed by atoms with Crippen LogP contribution in [0.25, 0.3) is 0 Å². The number of hydrogen-bond acceptors (Lipinski definition) is 5. The van der Waals surface area contributed by atoms with Crippen molar-refractivity contribution >= 4 is 11.8 Å². The second kappa shape index (κ2) is 7.80. The summed E-state index contributed by atoms with van der Waals surface area (Å²) in [5, 5.41) is 3.22. The summed E-state index contributed by atoms with van der Waals surface area (Å²) in [5.74, 6) is 0.141. The normalized spacial score (nSPS) is 32.5. The van der Waals surface area contributed by atoms with Crippen molar-refractivity contribution in [2.45, 2.75) is 43.9 Å². The van der Waals surface area contributed by atoms with Gasteiger partial charge in [0.15, 0.2) is 0 Å². The minimum Gasteiger partial charge on any atom is -0.380 e. The van der Waals surface area contributed by atoms with Crippen LogP contribution < -0.4 is 5.32 Å². The Morgan fingerprint density at radius 1 is 1.25 bits per heavy atom. The van der Waals surface area contributed by atoms with Gasteiger partial charge in [-0.1, -0.05) is 0 Å². The van der Waals surface area contributed by atoms with Crippen LogP contribution >= 0.6 is 0 Å². The molecule has 1 aliphatic carbocycles. The Hall–Kier alpha value is -1.18. The van der Waals surface area contributed by atoms with Crippen LogP contribution in [0.15, 0.2) is 0 Å². The maximum Gasteiger partial charge on any atom is 0.236 e. The highest BCUT2D eigenvalue weighted by molar-refractivity contribution is 5.82. The second-order valence-electron chi connectivity index (χ2n) is 7.34. The smallest absolute Gasteiger partial charge is 0.236 e. The first-order chi connectivity index (χ1) is 11.6. The van der Waals surface area contributed by atoms with Crippen LogP contribution in [0.2, 0.25) is 0 Å². The quantitative estimate of drug-likeness (QED) is 0.733. The predicted molar refractivity (Wildman–Crippen MR) is 90.6 cm³/mol. The molecule has 3 atom stereocenters. The Balaban J connectivity index is 1.47. The van der Waals surface area contributed by atoms with Crippen molar-refractivity contribution in [1.82, 2.24) is 20.0 Å². The van der Waals surface area contributed by atoms with Gasteiger partial charge in [0, 0.05) is 52.4 Å². The number of rotatable bonds is 5. The van der Waals surface area contributed by atoms with Gasteiger partial charge in [-0.05, 0) is 25.7 Å². The molecule has 3 fully saturated rings. The molecule has 0 radical (unpaired) electrons. The lowest BCUT2D eigenvalue weighted by atomic mass is 10.1. The predicted octanol–water partition coefficient (Wildman–Crippen LogP) is -0.482. The van der Waals surface area contributed by atoms with E-state index < -0.39 is 0 Å². The summed E-state index contributed by atoms with van der Waals surface area (Å²) in [6.45, 7) is 4.17. The lowest BCUT2D eigenvalue weighted by Crippen LogP contribution is -2.54. The number of likely N-dealkylation sites (tertiary alicyclic amines) is 1. The monoisotopic (exact) mass is 338 g/mol. The third-order valence-corrected chi connectivity index (χ3v) is 5.71. The lowest BCUT2D eigenvalue weighted by Gasteiger charge is -2.33. The molecule has 1 saturated carbocycles. The van der Waals surface area contributed by atoms with E-state index in [9.17, 15) is 9.59 Å². The Labute approximate surface area is 144 Å². The number of carbonyl (C=O) groups excluding carboxylic acids is 2. The van der Waals surface area contributed by atoms with Crippen molar-refractivity contribution in [2.75, 3.05) is 53.4 Å². The van der Waals surface area contributed by atoms with Gasteiger partial charge in [-0.15, -0.1) is 0 Å². The van der Waals surface area contributed by atoms with Crippen molar-refractivity contribution in [3.05, 3.63) is 0 Å². The second-order valence-corrected chi connectivity index (χ2v) is 7.34. The number of nitrogens with zero attached hydrogens (tertiary/aromatic N) is 3. The van der Waals surface area contributed by atoms with Gasteiger partial charge < -0.3 is 15.0 Å². The number of amides is 2. The van der Waals surface area contributed by atoms with Gasteiger partial charge in [0.25, 0.3) is 0 Å². The first-order valence-electron chi connectivity index (χ1n) is 9.09. The first-order valence-corrected chi connectivity index (χ1v) is 9.09. The van der Waals surface area contributed by atoms with E-state index in [2.05, 4.69) is 10.2 Å². The summed E-state index contributed by atoms with van der Waals surface area (Å²) in [7, 11) is 3.59. The fourth-order valence-electron chi connectivity index (χ4n) is 4.19. The van der Waals surface area contributed by atoms with Gasteiger partial charge in [-0.2, -0.15) is 0 Å². The average Bonchev–Trinajstić information content (AvgIpc) is 3.19. The SMILES string of the molecule is COC1CCN([C@H]2CCC[C@H]2NC(=O)CN2CCN(C)C(=O)C2)C1. The highest BCUT2D eigenvalue weighted by atomic mass is 16.5. The summed E-state index contributed by atoms with van der Waals surface area (Å²) in [5.41, 5.74) is 0. The third kappa shape index (κ3) is 4.07. The molecule has 0 bridgehead atoms. The van der Waals surface area contributed by atoms with Crippen LogP contribution in [0.5, 0.6) is 0 Å². The largest absolute Gasteiger partial charge is 0.380 e. The van der Waals surface area contributed by atoms with Gasteiger partial charge in [0.2, 0.25) is 11.8 Å². The van der Waals surface area contributed by atoms with Gasteiger partial charge >= 0.3 is 0 Å². The molecule has 3 rings (SSSR count). The molecule has 2 heterocycles. The van der Waals surface area contributed by atoms with E-state index in [1.54, 1.807) is 12.0 Å². The molecule has 2 amide bonds. The summed E-state index contributed by atoms with van der Waals surface area (Å²) in [4.78, 5) is 30.3. The van der Waals surface area contributed by atoms with Crippen molar-refractivity contribution in [1.29, 1.82) is 0 Å². The lowest BCUT2D eigenvalue weighted by molar-refractivity contribution is -0.135. The molecule has 7 nitrogen and oxygen atoms in total. The van der Waals surface area contributed by atoms with E-state index in [4.69, 9.17) is 4.74 Å². The molecular formula is C17H30N4O3. The number of methoxy groups -OCH3 is 1. The van der Waals surface area contributed by atoms with Crippen LogP contribution in [0.4, 0.5) is 0 Å². The molecule has 24 heavy (non-hydrogen) atoms. The van der Waals surface area contributed by atoms with E-state index in [0.717, 1.165) is 45.3 Å². The molecule has 7 heteroatoms. The summed E-state index contributed by atoms with van der Waals surface area (Å²) in [6.07, 6.45) is 4.77. The summed E-state index contributed by atoms with van der Waals surface area (Å²) in [6, 6.07) is 0.666. The molecule has 2 saturated heterocycles. The number of ether oxygens (including phenoxy) is 1. The van der Waals surface area contributed by atoms with Crippen LogP contribution in [0.1, 0.15) is 25.7 Å². The Morgan fingerprint density at radius 2 is 2.08 bits per heavy atom.